The fourth-order valence-electron chi connectivity index (χ4n) is 1.55. The maximum Gasteiger partial charge on any atom is 0.293 e. The molecule has 0 amide bonds. The number of aromatic nitrogens is 3. The third-order valence-electron chi connectivity index (χ3n) is 2.32. The number of ether oxygens (including phenoxy) is 1. The molecule has 2 heterocycles. The van der Waals surface area contributed by atoms with Crippen LogP contribution in [0.5, 0.6) is 0 Å². The van der Waals surface area contributed by atoms with E-state index in [1.54, 1.807) is 24.4 Å². The summed E-state index contributed by atoms with van der Waals surface area (Å²) >= 11 is 9.27. The minimum Gasteiger partial charge on any atom is -0.458 e. The SMILES string of the molecule is O=COC(Cc1cc(Br)n[nH]1)c1ncccc1Cl. The van der Waals surface area contributed by atoms with Gasteiger partial charge in [-0.25, -0.2) is 0 Å². The van der Waals surface area contributed by atoms with Gasteiger partial charge in [0.1, 0.15) is 4.60 Å². The van der Waals surface area contributed by atoms with Gasteiger partial charge in [0.05, 0.1) is 10.7 Å². The molecule has 2 rings (SSSR count). The Morgan fingerprint density at radius 3 is 3.06 bits per heavy atom. The van der Waals surface area contributed by atoms with E-state index in [4.69, 9.17) is 16.3 Å². The molecule has 0 saturated heterocycles. The lowest BCUT2D eigenvalue weighted by Crippen LogP contribution is -2.09. The lowest BCUT2D eigenvalue weighted by molar-refractivity contribution is -0.134. The Hall–Kier alpha value is -1.40. The fourth-order valence-corrected chi connectivity index (χ4v) is 2.16. The van der Waals surface area contributed by atoms with Gasteiger partial charge in [0.2, 0.25) is 0 Å². The zero-order chi connectivity index (χ0) is 13.0. The first-order chi connectivity index (χ1) is 8.70. The van der Waals surface area contributed by atoms with E-state index in [0.717, 1.165) is 5.69 Å². The second-order valence-corrected chi connectivity index (χ2v) is 4.73. The Bertz CT molecular complexity index is 547. The van der Waals surface area contributed by atoms with Crippen molar-refractivity contribution in [2.75, 3.05) is 0 Å². The molecule has 0 aromatic carbocycles. The van der Waals surface area contributed by atoms with Crippen LogP contribution in [0.25, 0.3) is 0 Å². The summed E-state index contributed by atoms with van der Waals surface area (Å²) < 4.78 is 5.72. The van der Waals surface area contributed by atoms with E-state index in [1.165, 1.54) is 0 Å². The number of hydrogen-bond donors (Lipinski definition) is 1. The molecule has 0 aliphatic rings. The van der Waals surface area contributed by atoms with Crippen molar-refractivity contribution in [1.82, 2.24) is 15.2 Å². The quantitative estimate of drug-likeness (QED) is 0.856. The van der Waals surface area contributed by atoms with E-state index < -0.39 is 6.10 Å². The maximum atomic E-state index is 10.6. The summed E-state index contributed by atoms with van der Waals surface area (Å²) in [6.45, 7) is 0.390. The van der Waals surface area contributed by atoms with Crippen molar-refractivity contribution >= 4 is 34.0 Å². The van der Waals surface area contributed by atoms with Gasteiger partial charge in [-0.3, -0.25) is 14.9 Å². The van der Waals surface area contributed by atoms with Gasteiger partial charge in [-0.1, -0.05) is 11.6 Å². The number of H-pyrrole nitrogens is 1. The molecule has 1 N–H and O–H groups in total. The van der Waals surface area contributed by atoms with E-state index in [2.05, 4.69) is 31.1 Å². The summed E-state index contributed by atoms with van der Waals surface area (Å²) in [6.07, 6.45) is 1.49. The second kappa shape index (κ2) is 5.97. The first kappa shape index (κ1) is 13.0. The van der Waals surface area contributed by atoms with Crippen molar-refractivity contribution in [3.8, 4) is 0 Å². The van der Waals surface area contributed by atoms with Gasteiger partial charge in [-0.15, -0.1) is 0 Å². The van der Waals surface area contributed by atoms with Crippen molar-refractivity contribution in [1.29, 1.82) is 0 Å². The van der Waals surface area contributed by atoms with Gasteiger partial charge in [0, 0.05) is 18.3 Å². The highest BCUT2D eigenvalue weighted by Crippen LogP contribution is 2.26. The molecule has 7 heteroatoms. The van der Waals surface area contributed by atoms with Crippen LogP contribution >= 0.6 is 27.5 Å². The lowest BCUT2D eigenvalue weighted by atomic mass is 10.1. The summed E-state index contributed by atoms with van der Waals surface area (Å²) in [4.78, 5) is 14.7. The molecule has 94 valence electrons. The van der Waals surface area contributed by atoms with Crippen molar-refractivity contribution in [2.24, 2.45) is 0 Å². The van der Waals surface area contributed by atoms with Gasteiger partial charge in [-0.2, -0.15) is 5.10 Å². The average molecular weight is 331 g/mol. The number of carbonyl (C=O) groups excluding carboxylic acids is 1. The van der Waals surface area contributed by atoms with Crippen molar-refractivity contribution in [2.45, 2.75) is 12.5 Å². The van der Waals surface area contributed by atoms with Crippen molar-refractivity contribution < 1.29 is 9.53 Å². The smallest absolute Gasteiger partial charge is 0.293 e. The minimum atomic E-state index is -0.538. The number of nitrogens with one attached hydrogen (secondary N) is 1. The Morgan fingerprint density at radius 1 is 1.61 bits per heavy atom. The summed E-state index contributed by atoms with van der Waals surface area (Å²) in [5, 5.41) is 7.22. The van der Waals surface area contributed by atoms with Gasteiger partial charge in [0.15, 0.2) is 6.10 Å². The molecule has 2 aromatic rings. The molecule has 0 aliphatic carbocycles. The zero-order valence-corrected chi connectivity index (χ0v) is 11.5. The number of halogens is 2. The molecule has 0 radical (unpaired) electrons. The second-order valence-electron chi connectivity index (χ2n) is 3.51. The molecule has 0 bridgehead atoms. The number of hydrogen-bond acceptors (Lipinski definition) is 4. The zero-order valence-electron chi connectivity index (χ0n) is 9.14. The van der Waals surface area contributed by atoms with Gasteiger partial charge >= 0.3 is 0 Å². The topological polar surface area (TPSA) is 67.9 Å². The molecule has 1 atom stereocenters. The molecule has 2 aromatic heterocycles. The molecule has 18 heavy (non-hydrogen) atoms. The molecular formula is C11H9BrClN3O2. The predicted octanol–water partition coefficient (Wildman–Crippen LogP) is 2.68. The highest BCUT2D eigenvalue weighted by atomic mass is 79.9. The normalized spacial score (nSPS) is 12.1. The van der Waals surface area contributed by atoms with Gasteiger partial charge in [-0.05, 0) is 34.1 Å². The molecule has 1 unspecified atom stereocenters. The Kier molecular flexibility index (Phi) is 4.33. The molecule has 0 fully saturated rings. The van der Waals surface area contributed by atoms with Crippen LogP contribution in [-0.2, 0) is 16.0 Å². The van der Waals surface area contributed by atoms with Crippen LogP contribution in [0.3, 0.4) is 0 Å². The number of rotatable bonds is 5. The predicted molar refractivity (Wildman–Crippen MR) is 69.1 cm³/mol. The Morgan fingerprint density at radius 2 is 2.44 bits per heavy atom. The number of nitrogens with zero attached hydrogens (tertiary/aromatic N) is 2. The van der Waals surface area contributed by atoms with E-state index in [0.29, 0.717) is 28.2 Å². The Labute approximate surface area is 117 Å². The highest BCUT2D eigenvalue weighted by Gasteiger charge is 2.19. The fraction of sp³-hybridized carbons (Fsp3) is 0.182. The number of aromatic amines is 1. The van der Waals surface area contributed by atoms with Crippen LogP contribution in [0.4, 0.5) is 0 Å². The standard InChI is InChI=1S/C11H9BrClN3O2/c12-10-5-7(15-16-10)4-9(18-6-17)11-8(13)2-1-3-14-11/h1-3,5-6,9H,4H2,(H,15,16). The summed E-state index contributed by atoms with van der Waals surface area (Å²) in [5.74, 6) is 0. The van der Waals surface area contributed by atoms with E-state index in [1.807, 2.05) is 0 Å². The summed E-state index contributed by atoms with van der Waals surface area (Å²) in [7, 11) is 0. The highest BCUT2D eigenvalue weighted by molar-refractivity contribution is 9.10. The van der Waals surface area contributed by atoms with Crippen LogP contribution < -0.4 is 0 Å². The van der Waals surface area contributed by atoms with Gasteiger partial charge < -0.3 is 4.74 Å². The molecule has 0 saturated carbocycles. The average Bonchev–Trinajstić information content (AvgIpc) is 2.75. The third kappa shape index (κ3) is 3.08. The number of carbonyl (C=O) groups is 1. The maximum absolute atomic E-state index is 10.6. The first-order valence-corrected chi connectivity index (χ1v) is 6.27. The van der Waals surface area contributed by atoms with Crippen LogP contribution in [0.2, 0.25) is 5.02 Å². The van der Waals surface area contributed by atoms with Crippen LogP contribution in [-0.4, -0.2) is 21.7 Å². The van der Waals surface area contributed by atoms with E-state index >= 15 is 0 Å². The lowest BCUT2D eigenvalue weighted by Gasteiger charge is -2.14. The van der Waals surface area contributed by atoms with Crippen molar-refractivity contribution in [3.05, 3.63) is 45.4 Å². The van der Waals surface area contributed by atoms with Crippen LogP contribution in [0, 0.1) is 0 Å². The minimum absolute atomic E-state index is 0.390. The molecule has 5 nitrogen and oxygen atoms in total. The van der Waals surface area contributed by atoms with E-state index in [-0.39, 0.29) is 0 Å². The van der Waals surface area contributed by atoms with Crippen LogP contribution in [0.1, 0.15) is 17.5 Å². The monoisotopic (exact) mass is 329 g/mol. The number of pyridine rings is 1. The summed E-state index contributed by atoms with van der Waals surface area (Å²) in [5.41, 5.74) is 1.34. The summed E-state index contributed by atoms with van der Waals surface area (Å²) in [6, 6.07) is 5.22. The molecule has 0 spiro atoms. The van der Waals surface area contributed by atoms with Gasteiger partial charge in [0.25, 0.3) is 6.47 Å². The molecule has 0 aliphatic heterocycles. The third-order valence-corrected chi connectivity index (χ3v) is 3.04. The largest absolute Gasteiger partial charge is 0.458 e. The Balaban J connectivity index is 2.23. The van der Waals surface area contributed by atoms with Crippen molar-refractivity contribution in [3.63, 3.8) is 0 Å². The molecular weight excluding hydrogens is 321 g/mol. The van der Waals surface area contributed by atoms with E-state index in [9.17, 15) is 4.79 Å². The first-order valence-electron chi connectivity index (χ1n) is 5.10. The van der Waals surface area contributed by atoms with Crippen LogP contribution in [0.15, 0.2) is 29.0 Å².